The van der Waals surface area contributed by atoms with E-state index in [1.807, 2.05) is 6.07 Å². The Kier molecular flexibility index (Phi) is 9.15. The average molecular weight is 568 g/mol. The third-order valence-corrected chi connectivity index (χ3v) is 10.0. The number of hydrogen-bond acceptors (Lipinski definition) is 7. The van der Waals surface area contributed by atoms with Gasteiger partial charge in [-0.1, -0.05) is 37.3 Å². The van der Waals surface area contributed by atoms with E-state index in [4.69, 9.17) is 0 Å². The Morgan fingerprint density at radius 2 is 1.63 bits per heavy atom. The number of likely N-dealkylation sites (N-methyl/N-ethyl adjacent to an activating group) is 1. The summed E-state index contributed by atoms with van der Waals surface area (Å²) in [6.07, 6.45) is -1.14. The van der Waals surface area contributed by atoms with Crippen molar-refractivity contribution in [3.8, 4) is 0 Å². The molecular weight excluding hydrogens is 534 g/mol. The number of aliphatic hydroxyl groups is 1. The topological polar surface area (TPSA) is 173 Å². The Hall–Kier alpha value is -3.04. The number of nitrogens with zero attached hydrogens (tertiary/aromatic N) is 2. The number of rotatable bonds is 12. The predicted octanol–water partition coefficient (Wildman–Crippen LogP) is 0.0926. The highest BCUT2D eigenvalue weighted by molar-refractivity contribution is 7.89. The normalized spacial score (nSPS) is 15.0. The molecule has 0 saturated heterocycles. The molecule has 2 aromatic carbocycles. The smallest absolute Gasteiger partial charge is 0.323 e. The van der Waals surface area contributed by atoms with Crippen LogP contribution in [0.4, 0.5) is 0 Å². The first-order chi connectivity index (χ1) is 17.7. The van der Waals surface area contributed by atoms with Gasteiger partial charge < -0.3 is 20.4 Å². The fourth-order valence-corrected chi connectivity index (χ4v) is 6.15. The van der Waals surface area contributed by atoms with Crippen molar-refractivity contribution < 1.29 is 26.7 Å². The number of aromatic nitrogens is 2. The second-order valence-electron chi connectivity index (χ2n) is 9.41. The molecule has 1 amide bonds. The van der Waals surface area contributed by atoms with Crippen molar-refractivity contribution in [3.05, 3.63) is 64.6 Å². The summed E-state index contributed by atoms with van der Waals surface area (Å²) in [5, 5.41) is 13.8. The van der Waals surface area contributed by atoms with Gasteiger partial charge in [-0.3, -0.25) is 4.79 Å². The molecule has 0 aliphatic heterocycles. The number of nitrogens with one attached hydrogen (secondary N) is 3. The summed E-state index contributed by atoms with van der Waals surface area (Å²) in [7, 11) is -3.64. The summed E-state index contributed by atoms with van der Waals surface area (Å²) < 4.78 is 52.9. The van der Waals surface area contributed by atoms with Crippen LogP contribution in [0.2, 0.25) is 0 Å². The summed E-state index contributed by atoms with van der Waals surface area (Å²) >= 11 is 0. The van der Waals surface area contributed by atoms with Gasteiger partial charge in [0.1, 0.15) is 0 Å². The fourth-order valence-electron chi connectivity index (χ4n) is 3.86. The first kappa shape index (κ1) is 29.5. The van der Waals surface area contributed by atoms with Gasteiger partial charge >= 0.3 is 5.69 Å². The van der Waals surface area contributed by atoms with Crippen LogP contribution in [0.15, 0.2) is 58.2 Å². The Morgan fingerprint density at radius 3 is 2.26 bits per heavy atom. The number of fused-ring (bicyclic) bond motifs is 1. The quantitative estimate of drug-likeness (QED) is 0.240. The van der Waals surface area contributed by atoms with Gasteiger partial charge in [-0.25, -0.2) is 25.9 Å². The number of aliphatic hydroxyl groups excluding tert-OH is 1. The summed E-state index contributed by atoms with van der Waals surface area (Å²) in [6, 6.07) is 12.2. The molecule has 0 aliphatic carbocycles. The SMILES string of the molecule is CC(CS(=O)(=O)N(C)C)C(=O)NC(Cc1ccccc1)C(O)CN(C)S(=O)(=O)c1ccc2[nH]c(=O)[nH]c2c1. The van der Waals surface area contributed by atoms with Gasteiger partial charge in [0.15, 0.2) is 0 Å². The number of aromatic amines is 2. The molecule has 3 aromatic rings. The molecule has 14 heteroatoms. The molecular formula is C24H33N5O7S2. The van der Waals surface area contributed by atoms with Crippen LogP contribution in [-0.2, 0) is 31.3 Å². The van der Waals surface area contributed by atoms with Gasteiger partial charge in [0.05, 0.1) is 39.7 Å². The largest absolute Gasteiger partial charge is 0.390 e. The number of imidazole rings is 1. The Balaban J connectivity index is 1.80. The van der Waals surface area contributed by atoms with Crippen LogP contribution in [0, 0.1) is 5.92 Å². The van der Waals surface area contributed by atoms with E-state index < -0.39 is 55.5 Å². The lowest BCUT2D eigenvalue weighted by atomic mass is 10.00. The molecule has 1 heterocycles. The van der Waals surface area contributed by atoms with Crippen molar-refractivity contribution in [1.82, 2.24) is 23.9 Å². The molecule has 3 rings (SSSR count). The van der Waals surface area contributed by atoms with Crippen LogP contribution in [0.3, 0.4) is 0 Å². The number of H-pyrrole nitrogens is 2. The van der Waals surface area contributed by atoms with E-state index in [0.29, 0.717) is 11.0 Å². The summed E-state index contributed by atoms with van der Waals surface area (Å²) in [4.78, 5) is 29.4. The third kappa shape index (κ3) is 7.08. The van der Waals surface area contributed by atoms with Gasteiger partial charge in [-0.2, -0.15) is 4.31 Å². The maximum atomic E-state index is 13.2. The standard InChI is InChI=1S/C24H33N5O7S2/c1-16(15-37(33,34)28(2)3)23(31)25-21(12-17-8-6-5-7-9-17)22(30)14-29(4)38(35,36)18-10-11-19-20(13-18)27-24(32)26-19/h5-11,13,16,21-22,30H,12,14-15H2,1-4H3,(H,25,31)(H2,26,27,32). The second kappa shape index (κ2) is 11.8. The van der Waals surface area contributed by atoms with Gasteiger partial charge in [-0.05, 0) is 30.2 Å². The maximum absolute atomic E-state index is 13.2. The summed E-state index contributed by atoms with van der Waals surface area (Å²) in [5.74, 6) is -1.91. The van der Waals surface area contributed by atoms with Crippen molar-refractivity contribution in [3.63, 3.8) is 0 Å². The van der Waals surface area contributed by atoms with Crippen molar-refractivity contribution in [2.24, 2.45) is 5.92 Å². The van der Waals surface area contributed by atoms with Gasteiger partial charge in [0.25, 0.3) is 0 Å². The van der Waals surface area contributed by atoms with Crippen LogP contribution in [0.25, 0.3) is 11.0 Å². The number of amides is 1. The van der Waals surface area contributed by atoms with Crippen LogP contribution in [0.5, 0.6) is 0 Å². The Morgan fingerprint density at radius 1 is 1.00 bits per heavy atom. The maximum Gasteiger partial charge on any atom is 0.323 e. The molecule has 0 aliphatic rings. The minimum absolute atomic E-state index is 0.0823. The average Bonchev–Trinajstić information content (AvgIpc) is 3.22. The van der Waals surface area contributed by atoms with E-state index in [0.717, 1.165) is 14.2 Å². The van der Waals surface area contributed by atoms with E-state index in [9.17, 15) is 31.5 Å². The number of sulfonamides is 2. The molecule has 3 atom stereocenters. The molecule has 1 aromatic heterocycles. The summed E-state index contributed by atoms with van der Waals surface area (Å²) in [5.41, 5.74) is 1.09. The highest BCUT2D eigenvalue weighted by Gasteiger charge is 2.31. The van der Waals surface area contributed by atoms with Crippen LogP contribution in [0.1, 0.15) is 12.5 Å². The number of benzene rings is 2. The van der Waals surface area contributed by atoms with Gasteiger partial charge in [0.2, 0.25) is 26.0 Å². The van der Waals surface area contributed by atoms with Crippen molar-refractivity contribution in [1.29, 1.82) is 0 Å². The first-order valence-corrected chi connectivity index (χ1v) is 14.9. The lowest BCUT2D eigenvalue weighted by molar-refractivity contribution is -0.125. The zero-order chi connectivity index (χ0) is 28.3. The van der Waals surface area contributed by atoms with E-state index in [-0.39, 0.29) is 17.9 Å². The van der Waals surface area contributed by atoms with E-state index in [2.05, 4.69) is 15.3 Å². The number of hydrogen-bond donors (Lipinski definition) is 4. The third-order valence-electron chi connectivity index (χ3n) is 6.19. The zero-order valence-electron chi connectivity index (χ0n) is 21.6. The van der Waals surface area contributed by atoms with Crippen LogP contribution >= 0.6 is 0 Å². The van der Waals surface area contributed by atoms with E-state index in [1.54, 1.807) is 24.3 Å². The van der Waals surface area contributed by atoms with Crippen LogP contribution in [-0.4, -0.2) is 92.0 Å². The fraction of sp³-hybridized carbons (Fsp3) is 0.417. The molecule has 12 nitrogen and oxygen atoms in total. The van der Waals surface area contributed by atoms with Crippen molar-refractivity contribution in [2.75, 3.05) is 33.4 Å². The Bertz CT molecular complexity index is 1530. The molecule has 0 spiro atoms. The molecule has 38 heavy (non-hydrogen) atoms. The molecule has 0 fully saturated rings. The van der Waals surface area contributed by atoms with E-state index in [1.165, 1.54) is 46.3 Å². The molecule has 4 N–H and O–H groups in total. The second-order valence-corrected chi connectivity index (χ2v) is 13.7. The van der Waals surface area contributed by atoms with E-state index >= 15 is 0 Å². The molecule has 0 bridgehead atoms. The molecule has 0 radical (unpaired) electrons. The molecule has 208 valence electrons. The van der Waals surface area contributed by atoms with Crippen molar-refractivity contribution in [2.45, 2.75) is 30.4 Å². The number of carbonyl (C=O) groups excluding carboxylic acids is 1. The molecule has 0 saturated carbocycles. The monoisotopic (exact) mass is 567 g/mol. The number of carbonyl (C=O) groups is 1. The highest BCUT2D eigenvalue weighted by atomic mass is 32.2. The predicted molar refractivity (Wildman–Crippen MR) is 143 cm³/mol. The Labute approximate surface area is 221 Å². The molecule has 3 unspecified atom stereocenters. The van der Waals surface area contributed by atoms with Crippen molar-refractivity contribution >= 4 is 37.0 Å². The van der Waals surface area contributed by atoms with Gasteiger partial charge in [0, 0.05) is 27.7 Å². The van der Waals surface area contributed by atoms with Crippen LogP contribution < -0.4 is 11.0 Å². The lowest BCUT2D eigenvalue weighted by Gasteiger charge is -2.29. The lowest BCUT2D eigenvalue weighted by Crippen LogP contribution is -2.51. The minimum Gasteiger partial charge on any atom is -0.390 e. The minimum atomic E-state index is -4.06. The van der Waals surface area contributed by atoms with Gasteiger partial charge in [-0.15, -0.1) is 0 Å². The first-order valence-electron chi connectivity index (χ1n) is 11.8. The zero-order valence-corrected chi connectivity index (χ0v) is 23.2. The highest BCUT2D eigenvalue weighted by Crippen LogP contribution is 2.19. The summed E-state index contributed by atoms with van der Waals surface area (Å²) in [6.45, 7) is 1.12.